The van der Waals surface area contributed by atoms with Gasteiger partial charge in [-0.25, -0.2) is 0 Å². The van der Waals surface area contributed by atoms with Crippen LogP contribution >= 0.6 is 15.9 Å². The molecule has 1 spiro atoms. The molecular formula is C11H12BrN. The van der Waals surface area contributed by atoms with Crippen LogP contribution in [0, 0.1) is 5.41 Å². The number of hydrogen-bond donors (Lipinski definition) is 1. The third-order valence-corrected chi connectivity index (χ3v) is 4.03. The summed E-state index contributed by atoms with van der Waals surface area (Å²) >= 11 is 3.49. The second kappa shape index (κ2) is 2.37. The fourth-order valence-electron chi connectivity index (χ4n) is 2.48. The standard InChI is InChI=1S/C11H12BrN/c12-8-2-1-7-6-11(3-4-11)10(13)9(7)5-8/h1-2,5,10H,3-4,6,13H2. The molecule has 68 valence electrons. The molecule has 1 saturated carbocycles. The molecule has 1 unspecified atom stereocenters. The highest BCUT2D eigenvalue weighted by molar-refractivity contribution is 9.10. The van der Waals surface area contributed by atoms with Crippen molar-refractivity contribution in [3.05, 3.63) is 33.8 Å². The first-order valence-corrected chi connectivity index (χ1v) is 5.54. The lowest BCUT2D eigenvalue weighted by atomic mass is 9.99. The minimum absolute atomic E-state index is 0.292. The van der Waals surface area contributed by atoms with Gasteiger partial charge in [0.05, 0.1) is 0 Å². The fraction of sp³-hybridized carbons (Fsp3) is 0.455. The van der Waals surface area contributed by atoms with Crippen molar-refractivity contribution in [2.24, 2.45) is 11.1 Å². The molecule has 0 radical (unpaired) electrons. The molecule has 2 heteroatoms. The van der Waals surface area contributed by atoms with E-state index in [9.17, 15) is 0 Å². The van der Waals surface area contributed by atoms with E-state index in [2.05, 4.69) is 34.1 Å². The maximum absolute atomic E-state index is 6.23. The maximum atomic E-state index is 6.23. The molecule has 13 heavy (non-hydrogen) atoms. The van der Waals surface area contributed by atoms with Gasteiger partial charge >= 0.3 is 0 Å². The molecule has 2 N–H and O–H groups in total. The van der Waals surface area contributed by atoms with Crippen molar-refractivity contribution in [1.82, 2.24) is 0 Å². The number of benzene rings is 1. The molecule has 0 saturated heterocycles. The van der Waals surface area contributed by atoms with Crippen molar-refractivity contribution in [1.29, 1.82) is 0 Å². The molecule has 1 atom stereocenters. The van der Waals surface area contributed by atoms with Crippen molar-refractivity contribution >= 4 is 15.9 Å². The first-order chi connectivity index (χ1) is 6.21. The molecule has 1 fully saturated rings. The Morgan fingerprint density at radius 2 is 2.15 bits per heavy atom. The summed E-state index contributed by atoms with van der Waals surface area (Å²) in [5.74, 6) is 0. The number of rotatable bonds is 0. The van der Waals surface area contributed by atoms with Gasteiger partial charge in [-0.3, -0.25) is 0 Å². The van der Waals surface area contributed by atoms with E-state index >= 15 is 0 Å². The van der Waals surface area contributed by atoms with E-state index < -0.39 is 0 Å². The SMILES string of the molecule is NC1c2cc(Br)ccc2CC12CC2. The zero-order valence-corrected chi connectivity index (χ0v) is 8.97. The summed E-state index contributed by atoms with van der Waals surface area (Å²) < 4.78 is 1.15. The Hall–Kier alpha value is -0.340. The Morgan fingerprint density at radius 1 is 1.38 bits per heavy atom. The van der Waals surface area contributed by atoms with Crippen LogP contribution in [0.1, 0.15) is 30.0 Å². The summed E-state index contributed by atoms with van der Waals surface area (Å²) in [6.07, 6.45) is 3.84. The van der Waals surface area contributed by atoms with Crippen LogP contribution < -0.4 is 5.73 Å². The van der Waals surface area contributed by atoms with Crippen molar-refractivity contribution in [2.45, 2.75) is 25.3 Å². The molecule has 0 aliphatic heterocycles. The van der Waals surface area contributed by atoms with E-state index in [1.807, 2.05) is 0 Å². The second-order valence-corrected chi connectivity index (χ2v) is 5.28. The van der Waals surface area contributed by atoms with Crippen molar-refractivity contribution in [3.63, 3.8) is 0 Å². The number of hydrogen-bond acceptors (Lipinski definition) is 1. The predicted octanol–water partition coefficient (Wildman–Crippen LogP) is 2.79. The average molecular weight is 238 g/mol. The maximum Gasteiger partial charge on any atom is 0.0358 e. The lowest BCUT2D eigenvalue weighted by Crippen LogP contribution is -2.17. The molecule has 2 aliphatic carbocycles. The molecule has 1 nitrogen and oxygen atoms in total. The third kappa shape index (κ3) is 1.02. The van der Waals surface area contributed by atoms with Gasteiger partial charge in [-0.1, -0.05) is 22.0 Å². The van der Waals surface area contributed by atoms with Crippen LogP contribution in [-0.2, 0) is 6.42 Å². The molecule has 0 aromatic heterocycles. The summed E-state index contributed by atoms with van der Waals surface area (Å²) in [6.45, 7) is 0. The van der Waals surface area contributed by atoms with Gasteiger partial charge in [0.2, 0.25) is 0 Å². The predicted molar refractivity (Wildman–Crippen MR) is 56.4 cm³/mol. The highest BCUT2D eigenvalue weighted by atomic mass is 79.9. The smallest absolute Gasteiger partial charge is 0.0358 e. The molecular weight excluding hydrogens is 226 g/mol. The van der Waals surface area contributed by atoms with Crippen LogP contribution in [0.25, 0.3) is 0 Å². The molecule has 2 aliphatic rings. The van der Waals surface area contributed by atoms with Crippen molar-refractivity contribution in [3.8, 4) is 0 Å². The van der Waals surface area contributed by atoms with E-state index in [1.54, 1.807) is 0 Å². The largest absolute Gasteiger partial charge is 0.323 e. The molecule has 0 amide bonds. The number of fused-ring (bicyclic) bond motifs is 1. The zero-order chi connectivity index (χ0) is 9.05. The highest BCUT2D eigenvalue weighted by Crippen LogP contribution is 2.60. The summed E-state index contributed by atoms with van der Waals surface area (Å²) in [7, 11) is 0. The minimum Gasteiger partial charge on any atom is -0.323 e. The quantitative estimate of drug-likeness (QED) is 0.738. The third-order valence-electron chi connectivity index (χ3n) is 3.54. The number of halogens is 1. The molecule has 1 aromatic rings. The second-order valence-electron chi connectivity index (χ2n) is 4.36. The summed E-state index contributed by atoms with van der Waals surface area (Å²) in [5, 5.41) is 0. The van der Waals surface area contributed by atoms with Crippen molar-refractivity contribution < 1.29 is 0 Å². The van der Waals surface area contributed by atoms with Gasteiger partial charge in [-0.2, -0.15) is 0 Å². The number of nitrogens with two attached hydrogens (primary N) is 1. The molecule has 0 heterocycles. The van der Waals surface area contributed by atoms with Gasteiger partial charge in [0.1, 0.15) is 0 Å². The summed E-state index contributed by atoms with van der Waals surface area (Å²) in [4.78, 5) is 0. The first kappa shape index (κ1) is 8.01. The lowest BCUT2D eigenvalue weighted by molar-refractivity contribution is 0.446. The highest BCUT2D eigenvalue weighted by Gasteiger charge is 2.52. The van der Waals surface area contributed by atoms with Crippen LogP contribution in [0.3, 0.4) is 0 Å². The Bertz CT molecular complexity index is 368. The topological polar surface area (TPSA) is 26.0 Å². The summed E-state index contributed by atoms with van der Waals surface area (Å²) in [6, 6.07) is 6.81. The first-order valence-electron chi connectivity index (χ1n) is 4.75. The van der Waals surface area contributed by atoms with E-state index in [0.29, 0.717) is 11.5 Å². The van der Waals surface area contributed by atoms with E-state index in [1.165, 1.54) is 30.4 Å². The van der Waals surface area contributed by atoms with Crippen molar-refractivity contribution in [2.75, 3.05) is 0 Å². The molecule has 0 bridgehead atoms. The van der Waals surface area contributed by atoms with Gasteiger partial charge < -0.3 is 5.73 Å². The normalized spacial score (nSPS) is 27.7. The van der Waals surface area contributed by atoms with E-state index in [0.717, 1.165) is 4.47 Å². The van der Waals surface area contributed by atoms with E-state index in [-0.39, 0.29) is 0 Å². The monoisotopic (exact) mass is 237 g/mol. The van der Waals surface area contributed by atoms with Gasteiger partial charge in [-0.15, -0.1) is 0 Å². The Kier molecular flexibility index (Phi) is 1.46. The van der Waals surface area contributed by atoms with Crippen LogP contribution in [0.2, 0.25) is 0 Å². The van der Waals surface area contributed by atoms with Gasteiger partial charge in [0, 0.05) is 10.5 Å². The molecule has 3 rings (SSSR count). The fourth-order valence-corrected chi connectivity index (χ4v) is 2.86. The Balaban J connectivity index is 2.12. The summed E-state index contributed by atoms with van der Waals surface area (Å²) in [5.41, 5.74) is 9.53. The van der Waals surface area contributed by atoms with Gasteiger partial charge in [-0.05, 0) is 47.9 Å². The average Bonchev–Trinajstić information content (AvgIpc) is 2.83. The minimum atomic E-state index is 0.292. The van der Waals surface area contributed by atoms with Crippen LogP contribution in [0.5, 0.6) is 0 Å². The Morgan fingerprint density at radius 3 is 2.85 bits per heavy atom. The van der Waals surface area contributed by atoms with Gasteiger partial charge in [0.25, 0.3) is 0 Å². The lowest BCUT2D eigenvalue weighted by Gasteiger charge is -2.12. The zero-order valence-electron chi connectivity index (χ0n) is 7.39. The van der Waals surface area contributed by atoms with Crippen LogP contribution in [-0.4, -0.2) is 0 Å². The molecule has 1 aromatic carbocycles. The van der Waals surface area contributed by atoms with Crippen LogP contribution in [0.15, 0.2) is 22.7 Å². The van der Waals surface area contributed by atoms with Gasteiger partial charge in [0.15, 0.2) is 0 Å². The Labute approximate surface area is 86.5 Å². The van der Waals surface area contributed by atoms with E-state index in [4.69, 9.17) is 5.73 Å². The van der Waals surface area contributed by atoms with Crippen LogP contribution in [0.4, 0.5) is 0 Å².